The van der Waals surface area contributed by atoms with E-state index < -0.39 is 72.5 Å². The maximum absolute atomic E-state index is 12.8. The first kappa shape index (κ1) is 25.2. The summed E-state index contributed by atoms with van der Waals surface area (Å²) in [6.07, 6.45) is -0.557. The van der Waals surface area contributed by atoms with Crippen LogP contribution in [-0.4, -0.2) is 82.0 Å². The highest BCUT2D eigenvalue weighted by Gasteiger charge is 2.39. The molecule has 14 heteroatoms. The van der Waals surface area contributed by atoms with E-state index in [2.05, 4.69) is 23.3 Å². The van der Waals surface area contributed by atoms with Gasteiger partial charge in [0, 0.05) is 12.3 Å². The van der Waals surface area contributed by atoms with Gasteiger partial charge in [-0.3, -0.25) is 24.0 Å². The van der Waals surface area contributed by atoms with Crippen LogP contribution in [0.2, 0.25) is 0 Å². The molecule has 4 atom stereocenters. The van der Waals surface area contributed by atoms with Crippen LogP contribution < -0.4 is 27.8 Å². The Hall–Kier alpha value is -2.87. The molecule has 168 valence electrons. The van der Waals surface area contributed by atoms with Gasteiger partial charge in [0.15, 0.2) is 0 Å². The minimum atomic E-state index is -1.49. The lowest BCUT2D eigenvalue weighted by Crippen LogP contribution is -2.58. The second kappa shape index (κ2) is 11.3. The lowest BCUT2D eigenvalue weighted by atomic mass is 10.1. The third kappa shape index (κ3) is 7.18. The summed E-state index contributed by atoms with van der Waals surface area (Å²) in [6, 6.07) is -5.13. The molecule has 9 N–H and O–H groups in total. The monoisotopic (exact) mass is 446 g/mol. The number of likely N-dealkylation sites (tertiary alicyclic amines) is 1. The maximum Gasteiger partial charge on any atom is 0.326 e. The molecule has 0 aliphatic carbocycles. The summed E-state index contributed by atoms with van der Waals surface area (Å²) < 4.78 is 0. The predicted molar refractivity (Wildman–Crippen MR) is 106 cm³/mol. The zero-order valence-electron chi connectivity index (χ0n) is 16.1. The van der Waals surface area contributed by atoms with Crippen molar-refractivity contribution in [3.63, 3.8) is 0 Å². The Kier molecular flexibility index (Phi) is 9.52. The first-order valence-electron chi connectivity index (χ1n) is 9.05. The fourth-order valence-electron chi connectivity index (χ4n) is 2.93. The van der Waals surface area contributed by atoms with Gasteiger partial charge in [-0.25, -0.2) is 4.79 Å². The van der Waals surface area contributed by atoms with Crippen LogP contribution in [0.15, 0.2) is 0 Å². The number of nitrogens with two attached hydrogens (primary N) is 3. The fourth-order valence-corrected chi connectivity index (χ4v) is 3.10. The number of carbonyl (C=O) groups excluding carboxylic acids is 5. The largest absolute Gasteiger partial charge is 0.480 e. The van der Waals surface area contributed by atoms with E-state index in [1.165, 1.54) is 0 Å². The highest BCUT2D eigenvalue weighted by atomic mass is 32.1. The van der Waals surface area contributed by atoms with Crippen LogP contribution in [0.3, 0.4) is 0 Å². The van der Waals surface area contributed by atoms with Gasteiger partial charge in [0.1, 0.15) is 18.1 Å². The van der Waals surface area contributed by atoms with Crippen LogP contribution >= 0.6 is 12.6 Å². The van der Waals surface area contributed by atoms with Gasteiger partial charge in [0.25, 0.3) is 0 Å². The van der Waals surface area contributed by atoms with Crippen LogP contribution in [0.25, 0.3) is 0 Å². The summed E-state index contributed by atoms with van der Waals surface area (Å²) >= 11 is 3.87. The summed E-state index contributed by atoms with van der Waals surface area (Å²) in [5, 5.41) is 13.7. The number of hydrogen-bond donors (Lipinski definition) is 7. The normalized spacial score (nSPS) is 18.7. The molecule has 0 aromatic carbocycles. The third-order valence-corrected chi connectivity index (χ3v) is 4.81. The molecule has 0 aromatic rings. The van der Waals surface area contributed by atoms with Crippen molar-refractivity contribution >= 4 is 48.1 Å². The topological polar surface area (TPSA) is 228 Å². The molecule has 1 heterocycles. The number of amides is 5. The van der Waals surface area contributed by atoms with Gasteiger partial charge in [0.05, 0.1) is 18.9 Å². The van der Waals surface area contributed by atoms with Crippen LogP contribution in [-0.2, 0) is 28.8 Å². The van der Waals surface area contributed by atoms with Crippen LogP contribution in [0.5, 0.6) is 0 Å². The molecule has 0 saturated carbocycles. The Morgan fingerprint density at radius 2 is 1.53 bits per heavy atom. The summed E-state index contributed by atoms with van der Waals surface area (Å²) in [5.41, 5.74) is 15.8. The maximum atomic E-state index is 12.8. The Labute approximate surface area is 177 Å². The quantitative estimate of drug-likeness (QED) is 0.154. The SMILES string of the molecule is NC(=O)CC(NC(=O)C(N)CS)C(=O)NC(CC(N)=O)C(=O)N1CCCC1C(=O)O. The number of carbonyl (C=O) groups is 6. The van der Waals surface area contributed by atoms with Gasteiger partial charge in [-0.05, 0) is 12.8 Å². The highest BCUT2D eigenvalue weighted by molar-refractivity contribution is 7.80. The van der Waals surface area contributed by atoms with E-state index in [0.717, 1.165) is 4.90 Å². The predicted octanol–water partition coefficient (Wildman–Crippen LogP) is -3.96. The van der Waals surface area contributed by atoms with Crippen molar-refractivity contribution in [2.75, 3.05) is 12.3 Å². The van der Waals surface area contributed by atoms with Crippen molar-refractivity contribution in [1.82, 2.24) is 15.5 Å². The first-order chi connectivity index (χ1) is 14.0. The lowest BCUT2D eigenvalue weighted by Gasteiger charge is -2.28. The van der Waals surface area contributed by atoms with Crippen LogP contribution in [0.4, 0.5) is 0 Å². The Morgan fingerprint density at radius 1 is 1.00 bits per heavy atom. The summed E-state index contributed by atoms with van der Waals surface area (Å²) in [5.74, 6) is -5.68. The number of thiol groups is 1. The minimum Gasteiger partial charge on any atom is -0.480 e. The number of carboxylic acids is 1. The Balaban J connectivity index is 3.01. The standard InChI is InChI=1S/C16H26N6O7S/c17-7(6-30)13(25)20-8(4-11(18)23)14(26)21-9(5-12(19)24)15(27)22-3-1-2-10(22)16(28)29/h7-10,30H,1-6,17H2,(H2,18,23)(H2,19,24)(H,20,25)(H,21,26)(H,28,29). The number of primary amides is 2. The second-order valence-electron chi connectivity index (χ2n) is 6.78. The van der Waals surface area contributed by atoms with E-state index in [-0.39, 0.29) is 18.7 Å². The molecule has 0 aromatic heterocycles. The molecule has 0 radical (unpaired) electrons. The minimum absolute atomic E-state index is 0.0366. The van der Waals surface area contributed by atoms with E-state index in [1.54, 1.807) is 0 Å². The number of rotatable bonds is 11. The van der Waals surface area contributed by atoms with Crippen molar-refractivity contribution in [2.24, 2.45) is 17.2 Å². The van der Waals surface area contributed by atoms with Gasteiger partial charge in [-0.2, -0.15) is 12.6 Å². The van der Waals surface area contributed by atoms with Crippen molar-refractivity contribution in [2.45, 2.75) is 49.9 Å². The van der Waals surface area contributed by atoms with Gasteiger partial charge >= 0.3 is 5.97 Å². The Morgan fingerprint density at radius 3 is 2.03 bits per heavy atom. The van der Waals surface area contributed by atoms with Crippen molar-refractivity contribution in [3.8, 4) is 0 Å². The number of nitrogens with zero attached hydrogens (tertiary/aromatic N) is 1. The first-order valence-corrected chi connectivity index (χ1v) is 9.68. The number of aliphatic carboxylic acids is 1. The summed E-state index contributed by atoms with van der Waals surface area (Å²) in [6.45, 7) is 0.124. The van der Waals surface area contributed by atoms with E-state index in [9.17, 15) is 33.9 Å². The van der Waals surface area contributed by atoms with E-state index in [4.69, 9.17) is 17.2 Å². The van der Waals surface area contributed by atoms with Crippen LogP contribution in [0, 0.1) is 0 Å². The second-order valence-corrected chi connectivity index (χ2v) is 7.15. The number of hydrogen-bond acceptors (Lipinski definition) is 8. The molecular formula is C16H26N6O7S. The summed E-state index contributed by atoms with van der Waals surface area (Å²) in [4.78, 5) is 72.4. The molecule has 1 saturated heterocycles. The molecule has 1 aliphatic rings. The number of nitrogens with one attached hydrogen (secondary N) is 2. The van der Waals surface area contributed by atoms with E-state index >= 15 is 0 Å². The highest BCUT2D eigenvalue weighted by Crippen LogP contribution is 2.19. The van der Waals surface area contributed by atoms with Crippen molar-refractivity contribution in [1.29, 1.82) is 0 Å². The average molecular weight is 446 g/mol. The van der Waals surface area contributed by atoms with Gasteiger partial charge in [-0.15, -0.1) is 0 Å². The van der Waals surface area contributed by atoms with Gasteiger partial charge in [0.2, 0.25) is 29.5 Å². The van der Waals surface area contributed by atoms with E-state index in [0.29, 0.717) is 6.42 Å². The smallest absolute Gasteiger partial charge is 0.326 e. The molecule has 1 aliphatic heterocycles. The molecule has 5 amide bonds. The molecule has 13 nitrogen and oxygen atoms in total. The van der Waals surface area contributed by atoms with E-state index in [1.807, 2.05) is 0 Å². The third-order valence-electron chi connectivity index (χ3n) is 4.41. The number of carboxylic acid groups (broad SMARTS) is 1. The van der Waals surface area contributed by atoms with Crippen molar-refractivity contribution in [3.05, 3.63) is 0 Å². The molecule has 30 heavy (non-hydrogen) atoms. The van der Waals surface area contributed by atoms with Gasteiger partial charge < -0.3 is 37.8 Å². The summed E-state index contributed by atoms with van der Waals surface area (Å²) in [7, 11) is 0. The molecule has 4 unspecified atom stereocenters. The average Bonchev–Trinajstić information content (AvgIpc) is 3.14. The van der Waals surface area contributed by atoms with Crippen LogP contribution in [0.1, 0.15) is 25.7 Å². The van der Waals surface area contributed by atoms with Gasteiger partial charge in [-0.1, -0.05) is 0 Å². The molecule has 0 spiro atoms. The zero-order chi connectivity index (χ0) is 23.0. The van der Waals surface area contributed by atoms with Crippen molar-refractivity contribution < 1.29 is 33.9 Å². The molecule has 1 rings (SSSR count). The Bertz CT molecular complexity index is 718. The lowest BCUT2D eigenvalue weighted by molar-refractivity contribution is -0.149. The zero-order valence-corrected chi connectivity index (χ0v) is 17.0. The fraction of sp³-hybridized carbons (Fsp3) is 0.625. The molecular weight excluding hydrogens is 420 g/mol. The molecule has 1 fully saturated rings. The molecule has 0 bridgehead atoms.